The first-order chi connectivity index (χ1) is 8.24. The van der Waals surface area contributed by atoms with Crippen LogP contribution in [0.15, 0.2) is 12.1 Å². The van der Waals surface area contributed by atoms with Gasteiger partial charge in [0.05, 0.1) is 0 Å². The minimum Gasteiger partial charge on any atom is -0.484 e. The van der Waals surface area contributed by atoms with E-state index in [1.54, 1.807) is 13.0 Å². The molecule has 0 saturated heterocycles. The highest BCUT2D eigenvalue weighted by atomic mass is 19.4. The van der Waals surface area contributed by atoms with Gasteiger partial charge in [-0.05, 0) is 43.0 Å². The number of aryl methyl sites for hydroxylation is 1. The zero-order valence-electron chi connectivity index (χ0n) is 10.8. The van der Waals surface area contributed by atoms with E-state index in [-0.39, 0.29) is 11.8 Å². The van der Waals surface area contributed by atoms with Gasteiger partial charge < -0.3 is 10.5 Å². The Morgan fingerprint density at radius 3 is 2.39 bits per heavy atom. The highest BCUT2D eigenvalue weighted by Crippen LogP contribution is 2.29. The Hall–Kier alpha value is -1.23. The molecule has 5 heteroatoms. The summed E-state index contributed by atoms with van der Waals surface area (Å²) < 4.78 is 41.4. The predicted octanol–water partition coefficient (Wildman–Crippen LogP) is 3.52. The quantitative estimate of drug-likeness (QED) is 0.900. The van der Waals surface area contributed by atoms with Gasteiger partial charge in [0.2, 0.25) is 0 Å². The Bertz CT molecular complexity index is 413. The van der Waals surface area contributed by atoms with Crippen LogP contribution in [-0.2, 0) is 6.42 Å². The van der Waals surface area contributed by atoms with Crippen LogP contribution < -0.4 is 10.5 Å². The lowest BCUT2D eigenvalue weighted by Crippen LogP contribution is -2.20. The predicted molar refractivity (Wildman–Crippen MR) is 64.7 cm³/mol. The number of hydrogen-bond acceptors (Lipinski definition) is 2. The molecule has 0 fully saturated rings. The lowest BCUT2D eigenvalue weighted by atomic mass is 9.99. The highest BCUT2D eigenvalue weighted by molar-refractivity contribution is 5.44. The lowest BCUT2D eigenvalue weighted by molar-refractivity contribution is -0.153. The topological polar surface area (TPSA) is 35.2 Å². The van der Waals surface area contributed by atoms with E-state index in [4.69, 9.17) is 10.5 Å². The van der Waals surface area contributed by atoms with Gasteiger partial charge in [0.1, 0.15) is 5.75 Å². The van der Waals surface area contributed by atoms with Gasteiger partial charge in [-0.15, -0.1) is 0 Å². The number of benzene rings is 1. The van der Waals surface area contributed by atoms with Gasteiger partial charge in [0.15, 0.2) is 6.61 Å². The molecular formula is C13H18F3NO. The number of ether oxygens (including phenoxy) is 1. The number of nitrogens with two attached hydrogens (primary N) is 1. The number of rotatable bonds is 4. The van der Waals surface area contributed by atoms with Crippen LogP contribution in [0.4, 0.5) is 13.2 Å². The molecule has 0 bridgehead atoms. The number of halogens is 3. The SMILES string of the molecule is CCc1c(C)cc(C(C)N)cc1OCC(F)(F)F. The van der Waals surface area contributed by atoms with Crippen molar-refractivity contribution in [2.45, 2.75) is 39.4 Å². The molecule has 1 aromatic rings. The van der Waals surface area contributed by atoms with Crippen LogP contribution in [0.3, 0.4) is 0 Å². The van der Waals surface area contributed by atoms with Gasteiger partial charge in [-0.2, -0.15) is 13.2 Å². The summed E-state index contributed by atoms with van der Waals surface area (Å²) in [5.41, 5.74) is 8.23. The largest absolute Gasteiger partial charge is 0.484 e. The van der Waals surface area contributed by atoms with Gasteiger partial charge in [-0.1, -0.05) is 13.0 Å². The van der Waals surface area contributed by atoms with Gasteiger partial charge in [0, 0.05) is 6.04 Å². The second-order valence-electron chi connectivity index (χ2n) is 4.36. The molecular weight excluding hydrogens is 243 g/mol. The normalized spacial score (nSPS) is 13.5. The molecule has 1 aromatic carbocycles. The standard InChI is InChI=1S/C13H18F3NO/c1-4-11-8(2)5-10(9(3)17)6-12(11)18-7-13(14,15)16/h5-6,9H,4,7,17H2,1-3H3. The highest BCUT2D eigenvalue weighted by Gasteiger charge is 2.29. The first-order valence-electron chi connectivity index (χ1n) is 5.83. The van der Waals surface area contributed by atoms with Crippen LogP contribution in [0, 0.1) is 6.92 Å². The van der Waals surface area contributed by atoms with Crippen LogP contribution in [0.1, 0.15) is 36.6 Å². The van der Waals surface area contributed by atoms with Crippen molar-refractivity contribution >= 4 is 0 Å². The molecule has 1 rings (SSSR count). The van der Waals surface area contributed by atoms with Crippen LogP contribution in [0.25, 0.3) is 0 Å². The summed E-state index contributed by atoms with van der Waals surface area (Å²) in [4.78, 5) is 0. The van der Waals surface area contributed by atoms with E-state index in [9.17, 15) is 13.2 Å². The van der Waals surface area contributed by atoms with Crippen LogP contribution in [0.2, 0.25) is 0 Å². The third kappa shape index (κ3) is 3.91. The maximum Gasteiger partial charge on any atom is 0.422 e. The maximum atomic E-state index is 12.2. The molecule has 2 nitrogen and oxygen atoms in total. The molecule has 0 aliphatic heterocycles. The fourth-order valence-corrected chi connectivity index (χ4v) is 1.82. The minimum atomic E-state index is -4.33. The van der Waals surface area contributed by atoms with Crippen molar-refractivity contribution in [1.82, 2.24) is 0 Å². The molecule has 1 atom stereocenters. The van der Waals surface area contributed by atoms with E-state index in [0.29, 0.717) is 6.42 Å². The van der Waals surface area contributed by atoms with E-state index >= 15 is 0 Å². The van der Waals surface area contributed by atoms with E-state index in [1.165, 1.54) is 0 Å². The smallest absolute Gasteiger partial charge is 0.422 e. The summed E-state index contributed by atoms with van der Waals surface area (Å²) in [6, 6.07) is 3.26. The molecule has 102 valence electrons. The van der Waals surface area contributed by atoms with Crippen molar-refractivity contribution in [3.05, 3.63) is 28.8 Å². The molecule has 0 aromatic heterocycles. The Morgan fingerprint density at radius 2 is 1.94 bits per heavy atom. The summed E-state index contributed by atoms with van der Waals surface area (Å²) in [6.07, 6.45) is -3.71. The third-order valence-electron chi connectivity index (χ3n) is 2.73. The third-order valence-corrected chi connectivity index (χ3v) is 2.73. The minimum absolute atomic E-state index is 0.233. The van der Waals surface area contributed by atoms with E-state index in [0.717, 1.165) is 16.7 Å². The molecule has 1 unspecified atom stereocenters. The maximum absolute atomic E-state index is 12.2. The fourth-order valence-electron chi connectivity index (χ4n) is 1.82. The molecule has 2 N–H and O–H groups in total. The first-order valence-corrected chi connectivity index (χ1v) is 5.83. The van der Waals surface area contributed by atoms with E-state index < -0.39 is 12.8 Å². The zero-order valence-corrected chi connectivity index (χ0v) is 10.8. The van der Waals surface area contributed by atoms with Crippen molar-refractivity contribution in [2.24, 2.45) is 5.73 Å². The summed E-state index contributed by atoms with van der Waals surface area (Å²) in [7, 11) is 0. The molecule has 0 spiro atoms. The Balaban J connectivity index is 3.06. The van der Waals surface area contributed by atoms with Crippen molar-refractivity contribution < 1.29 is 17.9 Å². The molecule has 0 heterocycles. The second-order valence-corrected chi connectivity index (χ2v) is 4.36. The second kappa shape index (κ2) is 5.61. The van der Waals surface area contributed by atoms with Crippen molar-refractivity contribution in [3.63, 3.8) is 0 Å². The van der Waals surface area contributed by atoms with Gasteiger partial charge in [0.25, 0.3) is 0 Å². The van der Waals surface area contributed by atoms with Crippen LogP contribution >= 0.6 is 0 Å². The van der Waals surface area contributed by atoms with Gasteiger partial charge in [-0.25, -0.2) is 0 Å². The zero-order chi connectivity index (χ0) is 13.9. The summed E-state index contributed by atoms with van der Waals surface area (Å²) in [6.45, 7) is 4.25. The fraction of sp³-hybridized carbons (Fsp3) is 0.538. The van der Waals surface area contributed by atoms with Gasteiger partial charge >= 0.3 is 6.18 Å². The number of hydrogen-bond donors (Lipinski definition) is 1. The summed E-state index contributed by atoms with van der Waals surface area (Å²) in [5, 5.41) is 0. The lowest BCUT2D eigenvalue weighted by Gasteiger charge is -2.17. The summed E-state index contributed by atoms with van der Waals surface area (Å²) >= 11 is 0. The van der Waals surface area contributed by atoms with Crippen LogP contribution in [0.5, 0.6) is 5.75 Å². The molecule has 0 aliphatic rings. The molecule has 0 radical (unpaired) electrons. The Morgan fingerprint density at radius 1 is 1.33 bits per heavy atom. The first kappa shape index (κ1) is 14.8. The Kier molecular flexibility index (Phi) is 4.62. The molecule has 0 aliphatic carbocycles. The van der Waals surface area contributed by atoms with E-state index in [2.05, 4.69) is 0 Å². The monoisotopic (exact) mass is 261 g/mol. The average Bonchev–Trinajstić information content (AvgIpc) is 2.24. The van der Waals surface area contributed by atoms with Gasteiger partial charge in [-0.3, -0.25) is 0 Å². The van der Waals surface area contributed by atoms with Crippen molar-refractivity contribution in [2.75, 3.05) is 6.61 Å². The Labute approximate surface area is 105 Å². The summed E-state index contributed by atoms with van der Waals surface area (Å²) in [5.74, 6) is 0.280. The molecule has 18 heavy (non-hydrogen) atoms. The average molecular weight is 261 g/mol. The van der Waals surface area contributed by atoms with Crippen molar-refractivity contribution in [3.8, 4) is 5.75 Å². The van der Waals surface area contributed by atoms with Crippen molar-refractivity contribution in [1.29, 1.82) is 0 Å². The number of alkyl halides is 3. The molecule has 0 amide bonds. The van der Waals surface area contributed by atoms with E-state index in [1.807, 2.05) is 19.9 Å². The molecule has 0 saturated carbocycles. The van der Waals surface area contributed by atoms with Crippen LogP contribution in [-0.4, -0.2) is 12.8 Å².